The first kappa shape index (κ1) is 15.6. The lowest BCUT2D eigenvalue weighted by atomic mass is 9.97. The molecular weight excluding hydrogens is 300 g/mol. The molecule has 0 bridgehead atoms. The van der Waals surface area contributed by atoms with Crippen molar-refractivity contribution in [3.05, 3.63) is 0 Å². The summed E-state index contributed by atoms with van der Waals surface area (Å²) in [4.78, 5) is 25.2. The van der Waals surface area contributed by atoms with Crippen LogP contribution in [0, 0.1) is 5.92 Å². The van der Waals surface area contributed by atoms with Crippen LogP contribution in [0.2, 0.25) is 0 Å². The van der Waals surface area contributed by atoms with Crippen molar-refractivity contribution in [2.75, 3.05) is 30.3 Å². The number of carbonyl (C=O) groups excluding carboxylic acids is 2. The lowest BCUT2D eigenvalue weighted by Gasteiger charge is -2.37. The van der Waals surface area contributed by atoms with Crippen molar-refractivity contribution in [1.29, 1.82) is 0 Å². The maximum Gasteiger partial charge on any atom is 0.228 e. The predicted octanol–water partition coefficient (Wildman–Crippen LogP) is -0.151. The zero-order chi connectivity index (χ0) is 14.8. The number of nitrogens with one attached hydrogen (secondary N) is 1. The van der Waals surface area contributed by atoms with Crippen LogP contribution in [0.25, 0.3) is 0 Å². The van der Waals surface area contributed by atoms with Gasteiger partial charge in [0.05, 0.1) is 5.92 Å². The highest BCUT2D eigenvalue weighted by Gasteiger charge is 2.39. The minimum absolute atomic E-state index is 0.0408. The lowest BCUT2D eigenvalue weighted by molar-refractivity contribution is -0.137. The van der Waals surface area contributed by atoms with E-state index >= 15 is 0 Å². The van der Waals surface area contributed by atoms with E-state index < -0.39 is 15.2 Å². The Morgan fingerprint density at radius 3 is 2.85 bits per heavy atom. The van der Waals surface area contributed by atoms with Crippen LogP contribution >= 0.6 is 11.8 Å². The summed E-state index contributed by atoms with van der Waals surface area (Å²) in [6.45, 7) is 2.40. The number of sulfone groups is 1. The summed E-state index contributed by atoms with van der Waals surface area (Å²) in [5.41, 5.74) is 0. The molecule has 0 aromatic carbocycles. The highest BCUT2D eigenvalue weighted by atomic mass is 32.2. The van der Waals surface area contributed by atoms with E-state index in [9.17, 15) is 18.0 Å². The summed E-state index contributed by atoms with van der Waals surface area (Å²) in [5, 5.41) is 1.97. The highest BCUT2D eigenvalue weighted by molar-refractivity contribution is 8.01. The molecule has 0 saturated carbocycles. The fraction of sp³-hybridized carbons (Fsp3) is 0.833. The van der Waals surface area contributed by atoms with Crippen molar-refractivity contribution >= 4 is 33.4 Å². The molecular formula is C12H20N2O4S2. The molecule has 0 radical (unpaired) electrons. The van der Waals surface area contributed by atoms with E-state index in [-0.39, 0.29) is 23.5 Å². The molecule has 2 aliphatic rings. The second-order valence-corrected chi connectivity index (χ2v) is 8.65. The standard InChI is InChI=1S/C12H20N2O4S2/c1-2-20(17,18)11-8-19-6-5-14(11)12(16)9-3-4-10(15)13-7-9/h9,11H,2-8H2,1H3,(H,13,15). The topological polar surface area (TPSA) is 83.6 Å². The van der Waals surface area contributed by atoms with Gasteiger partial charge in [-0.25, -0.2) is 8.42 Å². The molecule has 2 aliphatic heterocycles. The maximum atomic E-state index is 12.5. The minimum atomic E-state index is -3.27. The van der Waals surface area contributed by atoms with Gasteiger partial charge in [-0.15, -0.1) is 0 Å². The molecule has 8 heteroatoms. The van der Waals surface area contributed by atoms with Crippen LogP contribution < -0.4 is 5.32 Å². The van der Waals surface area contributed by atoms with Crippen LogP contribution in [0.5, 0.6) is 0 Å². The van der Waals surface area contributed by atoms with Crippen molar-refractivity contribution in [2.24, 2.45) is 5.92 Å². The largest absolute Gasteiger partial charge is 0.355 e. The van der Waals surface area contributed by atoms with Gasteiger partial charge in [0.1, 0.15) is 5.37 Å². The summed E-state index contributed by atoms with van der Waals surface area (Å²) in [6, 6.07) is 0. The number of rotatable bonds is 3. The van der Waals surface area contributed by atoms with Crippen molar-refractivity contribution < 1.29 is 18.0 Å². The van der Waals surface area contributed by atoms with Crippen LogP contribution in [0.1, 0.15) is 19.8 Å². The Hall–Kier alpha value is -0.760. The van der Waals surface area contributed by atoms with Gasteiger partial charge in [-0.2, -0.15) is 11.8 Å². The summed E-state index contributed by atoms with van der Waals surface area (Å²) in [6.07, 6.45) is 0.845. The quantitative estimate of drug-likeness (QED) is 0.782. The Bertz CT molecular complexity index is 482. The molecule has 1 N–H and O–H groups in total. The summed E-state index contributed by atoms with van der Waals surface area (Å²) in [7, 11) is -3.27. The summed E-state index contributed by atoms with van der Waals surface area (Å²) in [5.74, 6) is 0.795. The van der Waals surface area contributed by atoms with E-state index in [4.69, 9.17) is 0 Å². The molecule has 2 unspecified atom stereocenters. The van der Waals surface area contributed by atoms with Crippen molar-refractivity contribution in [3.8, 4) is 0 Å². The molecule has 2 fully saturated rings. The number of thioether (sulfide) groups is 1. The average Bonchev–Trinajstić information content (AvgIpc) is 2.47. The van der Waals surface area contributed by atoms with Gasteiger partial charge in [0.25, 0.3) is 0 Å². The van der Waals surface area contributed by atoms with Gasteiger partial charge in [-0.1, -0.05) is 6.92 Å². The first-order valence-electron chi connectivity index (χ1n) is 6.82. The molecule has 2 heterocycles. The van der Waals surface area contributed by atoms with Gasteiger partial charge in [-0.05, 0) is 6.42 Å². The Morgan fingerprint density at radius 1 is 1.50 bits per heavy atom. The fourth-order valence-corrected chi connectivity index (χ4v) is 5.48. The SMILES string of the molecule is CCS(=O)(=O)C1CSCCN1C(=O)C1CCC(=O)NC1. The molecule has 0 aromatic heterocycles. The fourth-order valence-electron chi connectivity index (χ4n) is 2.50. The normalized spacial score (nSPS) is 28.1. The van der Waals surface area contributed by atoms with E-state index in [0.717, 1.165) is 5.75 Å². The molecule has 0 spiro atoms. The third kappa shape index (κ3) is 3.28. The monoisotopic (exact) mass is 320 g/mol. The first-order valence-corrected chi connectivity index (χ1v) is 9.69. The Labute approximate surface area is 123 Å². The molecule has 2 rings (SSSR count). The Morgan fingerprint density at radius 2 is 2.25 bits per heavy atom. The Balaban J connectivity index is 2.11. The van der Waals surface area contributed by atoms with E-state index in [0.29, 0.717) is 31.7 Å². The molecule has 6 nitrogen and oxygen atoms in total. The molecule has 114 valence electrons. The van der Waals surface area contributed by atoms with Gasteiger partial charge < -0.3 is 10.2 Å². The van der Waals surface area contributed by atoms with Gasteiger partial charge in [0.2, 0.25) is 11.8 Å². The average molecular weight is 320 g/mol. The molecule has 0 aromatic rings. The number of amides is 2. The van der Waals surface area contributed by atoms with Gasteiger partial charge in [-0.3, -0.25) is 9.59 Å². The van der Waals surface area contributed by atoms with E-state index in [1.54, 1.807) is 18.7 Å². The van der Waals surface area contributed by atoms with Gasteiger partial charge in [0.15, 0.2) is 9.84 Å². The maximum absolute atomic E-state index is 12.5. The number of piperidine rings is 1. The van der Waals surface area contributed by atoms with Crippen LogP contribution in [-0.2, 0) is 19.4 Å². The van der Waals surface area contributed by atoms with E-state index in [2.05, 4.69) is 5.32 Å². The van der Waals surface area contributed by atoms with Crippen molar-refractivity contribution in [2.45, 2.75) is 25.1 Å². The van der Waals surface area contributed by atoms with Crippen LogP contribution in [0.3, 0.4) is 0 Å². The van der Waals surface area contributed by atoms with Crippen LogP contribution in [0.15, 0.2) is 0 Å². The molecule has 2 atom stereocenters. The molecule has 20 heavy (non-hydrogen) atoms. The van der Waals surface area contributed by atoms with Crippen LogP contribution in [-0.4, -0.2) is 60.9 Å². The summed E-state index contributed by atoms with van der Waals surface area (Å²) >= 11 is 1.57. The molecule has 2 amide bonds. The lowest BCUT2D eigenvalue weighted by Crippen LogP contribution is -2.54. The number of nitrogens with zero attached hydrogens (tertiary/aromatic N) is 1. The summed E-state index contributed by atoms with van der Waals surface area (Å²) < 4.78 is 24.3. The van der Waals surface area contributed by atoms with Crippen molar-refractivity contribution in [3.63, 3.8) is 0 Å². The van der Waals surface area contributed by atoms with Crippen molar-refractivity contribution in [1.82, 2.24) is 10.2 Å². The number of hydrogen-bond donors (Lipinski definition) is 1. The number of carbonyl (C=O) groups is 2. The van der Waals surface area contributed by atoms with E-state index in [1.807, 2.05) is 0 Å². The van der Waals surface area contributed by atoms with Gasteiger partial charge >= 0.3 is 0 Å². The third-order valence-corrected chi connectivity index (χ3v) is 7.09. The molecule has 0 aliphatic carbocycles. The smallest absolute Gasteiger partial charge is 0.228 e. The second kappa shape index (κ2) is 6.34. The predicted molar refractivity (Wildman–Crippen MR) is 78.0 cm³/mol. The Kier molecular flexibility index (Phi) is 4.95. The first-order chi connectivity index (χ1) is 9.45. The van der Waals surface area contributed by atoms with Crippen LogP contribution in [0.4, 0.5) is 0 Å². The zero-order valence-corrected chi connectivity index (χ0v) is 13.1. The second-order valence-electron chi connectivity index (χ2n) is 5.05. The molecule has 2 saturated heterocycles. The third-order valence-electron chi connectivity index (χ3n) is 3.80. The zero-order valence-electron chi connectivity index (χ0n) is 11.5. The van der Waals surface area contributed by atoms with Gasteiger partial charge in [0, 0.05) is 36.8 Å². The highest BCUT2D eigenvalue weighted by Crippen LogP contribution is 2.25. The number of hydrogen-bond acceptors (Lipinski definition) is 5. The minimum Gasteiger partial charge on any atom is -0.355 e. The van der Waals surface area contributed by atoms with E-state index in [1.165, 1.54) is 4.90 Å².